The molecular formula is C13H18Cl3NO3S. The second kappa shape index (κ2) is 7.99. The molecule has 21 heavy (non-hydrogen) atoms. The van der Waals surface area contributed by atoms with E-state index in [0.717, 1.165) is 0 Å². The summed E-state index contributed by atoms with van der Waals surface area (Å²) in [7, 11) is -2.23. The van der Waals surface area contributed by atoms with Crippen molar-refractivity contribution >= 4 is 44.8 Å². The van der Waals surface area contributed by atoms with E-state index in [1.54, 1.807) is 13.8 Å². The highest BCUT2D eigenvalue weighted by atomic mass is 35.5. The van der Waals surface area contributed by atoms with Gasteiger partial charge in [0, 0.05) is 30.3 Å². The summed E-state index contributed by atoms with van der Waals surface area (Å²) in [6.07, 6.45) is 0. The van der Waals surface area contributed by atoms with E-state index in [9.17, 15) is 8.42 Å². The van der Waals surface area contributed by atoms with Crippen molar-refractivity contribution in [1.82, 2.24) is 4.31 Å². The lowest BCUT2D eigenvalue weighted by molar-refractivity contribution is 0.171. The number of nitrogens with zero attached hydrogens (tertiary/aromatic N) is 1. The lowest BCUT2D eigenvalue weighted by Crippen LogP contribution is -2.39. The van der Waals surface area contributed by atoms with Crippen LogP contribution in [0.1, 0.15) is 19.4 Å². The van der Waals surface area contributed by atoms with Crippen LogP contribution in [0.4, 0.5) is 0 Å². The highest BCUT2D eigenvalue weighted by Crippen LogP contribution is 2.34. The van der Waals surface area contributed by atoms with Crippen LogP contribution in [0, 0.1) is 0 Å². The first-order chi connectivity index (χ1) is 9.77. The van der Waals surface area contributed by atoms with Crippen molar-refractivity contribution in [3.05, 3.63) is 27.7 Å². The van der Waals surface area contributed by atoms with Gasteiger partial charge < -0.3 is 4.74 Å². The van der Waals surface area contributed by atoms with E-state index in [1.807, 2.05) is 0 Å². The average molecular weight is 375 g/mol. The topological polar surface area (TPSA) is 46.6 Å². The summed E-state index contributed by atoms with van der Waals surface area (Å²) < 4.78 is 31.9. The van der Waals surface area contributed by atoms with Crippen molar-refractivity contribution < 1.29 is 13.2 Å². The van der Waals surface area contributed by atoms with Crippen molar-refractivity contribution in [2.24, 2.45) is 0 Å². The molecule has 1 rings (SSSR count). The number of halogens is 3. The minimum atomic E-state index is -3.75. The third kappa shape index (κ3) is 4.24. The molecule has 0 heterocycles. The van der Waals surface area contributed by atoms with Crippen molar-refractivity contribution in [1.29, 1.82) is 0 Å². The molecule has 0 atom stereocenters. The van der Waals surface area contributed by atoms with Crippen LogP contribution >= 0.6 is 34.8 Å². The normalized spacial score (nSPS) is 12.4. The molecular weight excluding hydrogens is 357 g/mol. The Balaban J connectivity index is 3.35. The lowest BCUT2D eigenvalue weighted by atomic mass is 10.2. The molecule has 0 saturated heterocycles. The molecule has 0 saturated carbocycles. The standard InChI is InChI=1S/C13H18Cl3NO3S/c1-9(2)17(6-7-20-3)21(18,19)12-5-4-11(15)10(8-14)13(12)16/h4-5,9H,6-8H2,1-3H3. The van der Waals surface area contributed by atoms with E-state index in [-0.39, 0.29) is 28.4 Å². The van der Waals surface area contributed by atoms with Gasteiger partial charge in [-0.15, -0.1) is 11.6 Å². The van der Waals surface area contributed by atoms with Crippen LogP contribution in [0.25, 0.3) is 0 Å². The van der Waals surface area contributed by atoms with Crippen LogP contribution in [-0.4, -0.2) is 39.0 Å². The monoisotopic (exact) mass is 373 g/mol. The molecule has 8 heteroatoms. The summed E-state index contributed by atoms with van der Waals surface area (Å²) >= 11 is 17.9. The van der Waals surface area contributed by atoms with Gasteiger partial charge in [0.2, 0.25) is 10.0 Å². The zero-order valence-corrected chi connectivity index (χ0v) is 15.2. The molecule has 0 spiro atoms. The SMILES string of the molecule is COCCN(C(C)C)S(=O)(=O)c1ccc(Cl)c(CCl)c1Cl. The van der Waals surface area contributed by atoms with Gasteiger partial charge >= 0.3 is 0 Å². The Morgan fingerprint density at radius 1 is 1.29 bits per heavy atom. The third-order valence-corrected chi connectivity index (χ3v) is 6.25. The van der Waals surface area contributed by atoms with Crippen LogP contribution in [-0.2, 0) is 20.6 Å². The molecule has 0 bridgehead atoms. The Kier molecular flexibility index (Phi) is 7.24. The molecule has 0 unspecified atom stereocenters. The number of methoxy groups -OCH3 is 1. The van der Waals surface area contributed by atoms with Crippen molar-refractivity contribution in [2.75, 3.05) is 20.3 Å². The van der Waals surface area contributed by atoms with Crippen LogP contribution < -0.4 is 0 Å². The molecule has 120 valence electrons. The number of rotatable bonds is 7. The minimum absolute atomic E-state index is 0.00835. The number of hydrogen-bond donors (Lipinski definition) is 0. The van der Waals surface area contributed by atoms with E-state index in [2.05, 4.69) is 0 Å². The van der Waals surface area contributed by atoms with Crippen LogP contribution in [0.2, 0.25) is 10.0 Å². The Bertz CT molecular complexity index is 591. The van der Waals surface area contributed by atoms with Gasteiger partial charge in [-0.25, -0.2) is 8.42 Å². The van der Waals surface area contributed by atoms with Crippen molar-refractivity contribution in [3.63, 3.8) is 0 Å². The fourth-order valence-corrected chi connectivity index (χ4v) is 4.78. The largest absolute Gasteiger partial charge is 0.383 e. The molecule has 0 aliphatic rings. The molecule has 0 aliphatic carbocycles. The number of sulfonamides is 1. The summed E-state index contributed by atoms with van der Waals surface area (Å²) in [6.45, 7) is 4.12. The van der Waals surface area contributed by atoms with Gasteiger partial charge in [-0.05, 0) is 26.0 Å². The predicted molar refractivity (Wildman–Crippen MR) is 86.9 cm³/mol. The van der Waals surface area contributed by atoms with Gasteiger partial charge in [0.25, 0.3) is 0 Å². The van der Waals surface area contributed by atoms with E-state index >= 15 is 0 Å². The van der Waals surface area contributed by atoms with Crippen LogP contribution in [0.3, 0.4) is 0 Å². The van der Waals surface area contributed by atoms with Gasteiger partial charge in [-0.3, -0.25) is 0 Å². The maximum absolute atomic E-state index is 12.8. The smallest absolute Gasteiger partial charge is 0.244 e. The molecule has 0 fully saturated rings. The number of benzene rings is 1. The van der Waals surface area contributed by atoms with Crippen LogP contribution in [0.15, 0.2) is 17.0 Å². The zero-order valence-electron chi connectivity index (χ0n) is 12.1. The first kappa shape index (κ1) is 19.0. The molecule has 4 nitrogen and oxygen atoms in total. The molecule has 0 aromatic heterocycles. The Labute approximate surface area is 141 Å². The number of alkyl halides is 1. The van der Waals surface area contributed by atoms with E-state index in [1.165, 1.54) is 23.5 Å². The fraction of sp³-hybridized carbons (Fsp3) is 0.538. The maximum atomic E-state index is 12.8. The quantitative estimate of drug-likeness (QED) is 0.682. The Morgan fingerprint density at radius 2 is 1.90 bits per heavy atom. The van der Waals surface area contributed by atoms with E-state index in [0.29, 0.717) is 17.2 Å². The second-order valence-electron chi connectivity index (χ2n) is 4.67. The second-order valence-corrected chi connectivity index (χ2v) is 7.59. The predicted octanol–water partition coefficient (Wildman–Crippen LogP) is 3.78. The summed E-state index contributed by atoms with van der Waals surface area (Å²) in [5.41, 5.74) is 0.413. The van der Waals surface area contributed by atoms with E-state index < -0.39 is 10.0 Å². The number of hydrogen-bond acceptors (Lipinski definition) is 3. The fourth-order valence-electron chi connectivity index (χ4n) is 1.86. The van der Waals surface area contributed by atoms with Gasteiger partial charge in [0.1, 0.15) is 4.90 Å². The summed E-state index contributed by atoms with van der Waals surface area (Å²) in [4.78, 5) is 0.00835. The zero-order chi connectivity index (χ0) is 16.2. The summed E-state index contributed by atoms with van der Waals surface area (Å²) in [5, 5.41) is 0.419. The first-order valence-electron chi connectivity index (χ1n) is 6.31. The minimum Gasteiger partial charge on any atom is -0.383 e. The molecule has 0 N–H and O–H groups in total. The number of ether oxygens (including phenoxy) is 1. The van der Waals surface area contributed by atoms with Gasteiger partial charge in [-0.2, -0.15) is 4.31 Å². The highest BCUT2D eigenvalue weighted by Gasteiger charge is 2.30. The van der Waals surface area contributed by atoms with Crippen molar-refractivity contribution in [2.45, 2.75) is 30.7 Å². The lowest BCUT2D eigenvalue weighted by Gasteiger charge is -2.26. The van der Waals surface area contributed by atoms with Gasteiger partial charge in [0.15, 0.2) is 0 Å². The Morgan fingerprint density at radius 3 is 2.38 bits per heavy atom. The molecule has 0 amide bonds. The van der Waals surface area contributed by atoms with Crippen LogP contribution in [0.5, 0.6) is 0 Å². The van der Waals surface area contributed by atoms with E-state index in [4.69, 9.17) is 39.5 Å². The molecule has 1 aromatic rings. The van der Waals surface area contributed by atoms with Crippen molar-refractivity contribution in [3.8, 4) is 0 Å². The summed E-state index contributed by atoms with van der Waals surface area (Å²) in [5.74, 6) is 0.0424. The maximum Gasteiger partial charge on any atom is 0.244 e. The molecule has 0 radical (unpaired) electrons. The first-order valence-corrected chi connectivity index (χ1v) is 9.04. The van der Waals surface area contributed by atoms with Gasteiger partial charge in [0.05, 0.1) is 17.5 Å². The third-order valence-electron chi connectivity index (χ3n) is 2.96. The Hall–Kier alpha value is -0.0400. The molecule has 1 aromatic carbocycles. The highest BCUT2D eigenvalue weighted by molar-refractivity contribution is 7.89. The average Bonchev–Trinajstić information content (AvgIpc) is 2.38. The summed E-state index contributed by atoms with van der Waals surface area (Å²) in [6, 6.07) is 2.67. The molecule has 0 aliphatic heterocycles. The van der Waals surface area contributed by atoms with Gasteiger partial charge in [-0.1, -0.05) is 23.2 Å².